The maximum Gasteiger partial charge on any atom is 0.330 e. The van der Waals surface area contributed by atoms with Crippen LogP contribution < -0.4 is 0 Å². The Morgan fingerprint density at radius 2 is 2.50 bits per heavy atom. The topological polar surface area (TPSA) is 55.8 Å². The SMILES string of the molecule is C=CC(=O)OC1C(C)COC1O. The lowest BCUT2D eigenvalue weighted by Gasteiger charge is -2.16. The molecule has 1 N–H and O–H groups in total. The zero-order chi connectivity index (χ0) is 9.14. The van der Waals surface area contributed by atoms with Gasteiger partial charge in [0, 0.05) is 12.0 Å². The highest BCUT2D eigenvalue weighted by molar-refractivity contribution is 5.81. The highest BCUT2D eigenvalue weighted by Crippen LogP contribution is 2.21. The molecular weight excluding hydrogens is 160 g/mol. The molecular formula is C8H12O4. The van der Waals surface area contributed by atoms with Gasteiger partial charge in [-0.3, -0.25) is 0 Å². The number of hydrogen-bond acceptors (Lipinski definition) is 4. The first kappa shape index (κ1) is 9.22. The monoisotopic (exact) mass is 172 g/mol. The van der Waals surface area contributed by atoms with Gasteiger partial charge in [-0.05, 0) is 0 Å². The molecule has 0 radical (unpaired) electrons. The van der Waals surface area contributed by atoms with Gasteiger partial charge in [-0.15, -0.1) is 0 Å². The van der Waals surface area contributed by atoms with Crippen LogP contribution in [0.2, 0.25) is 0 Å². The van der Waals surface area contributed by atoms with Crippen molar-refractivity contribution in [3.63, 3.8) is 0 Å². The molecule has 68 valence electrons. The van der Waals surface area contributed by atoms with Crippen molar-refractivity contribution in [3.05, 3.63) is 12.7 Å². The van der Waals surface area contributed by atoms with Crippen molar-refractivity contribution in [2.75, 3.05) is 6.61 Å². The maximum atomic E-state index is 10.8. The molecule has 0 aliphatic carbocycles. The van der Waals surface area contributed by atoms with Gasteiger partial charge in [-0.25, -0.2) is 4.79 Å². The summed E-state index contributed by atoms with van der Waals surface area (Å²) in [6.07, 6.45) is -0.489. The van der Waals surface area contributed by atoms with E-state index in [2.05, 4.69) is 6.58 Å². The molecule has 1 heterocycles. The first-order valence-corrected chi connectivity index (χ1v) is 3.78. The van der Waals surface area contributed by atoms with Gasteiger partial charge in [0.25, 0.3) is 0 Å². The lowest BCUT2D eigenvalue weighted by atomic mass is 10.1. The van der Waals surface area contributed by atoms with Crippen molar-refractivity contribution in [3.8, 4) is 0 Å². The normalized spacial score (nSPS) is 34.7. The third-order valence-electron chi connectivity index (χ3n) is 1.79. The van der Waals surface area contributed by atoms with E-state index in [4.69, 9.17) is 9.47 Å². The standard InChI is InChI=1S/C8H12O4/c1-3-6(9)12-7-5(2)4-11-8(7)10/h3,5,7-8,10H,1,4H2,2H3. The van der Waals surface area contributed by atoms with E-state index in [0.29, 0.717) is 6.61 Å². The first-order valence-electron chi connectivity index (χ1n) is 3.78. The number of hydrogen-bond donors (Lipinski definition) is 1. The average Bonchev–Trinajstić information content (AvgIpc) is 2.35. The van der Waals surface area contributed by atoms with Crippen molar-refractivity contribution in [2.45, 2.75) is 19.3 Å². The second kappa shape index (κ2) is 3.69. The summed E-state index contributed by atoms with van der Waals surface area (Å²) in [5.74, 6) is -0.500. The molecule has 1 fully saturated rings. The minimum absolute atomic E-state index is 0.0314. The molecule has 3 atom stereocenters. The molecule has 0 spiro atoms. The maximum absolute atomic E-state index is 10.8. The van der Waals surface area contributed by atoms with Crippen molar-refractivity contribution in [1.29, 1.82) is 0 Å². The Morgan fingerprint density at radius 3 is 2.92 bits per heavy atom. The molecule has 1 aliphatic heterocycles. The molecule has 0 amide bonds. The molecule has 0 bridgehead atoms. The Balaban J connectivity index is 2.49. The number of carbonyl (C=O) groups is 1. The van der Waals surface area contributed by atoms with Gasteiger partial charge in [0.1, 0.15) is 0 Å². The van der Waals surface area contributed by atoms with E-state index in [0.717, 1.165) is 6.08 Å². The second-order valence-electron chi connectivity index (χ2n) is 2.81. The minimum atomic E-state index is -0.996. The predicted molar refractivity (Wildman–Crippen MR) is 41.2 cm³/mol. The van der Waals surface area contributed by atoms with Gasteiger partial charge in [-0.1, -0.05) is 13.5 Å². The van der Waals surface area contributed by atoms with Crippen LogP contribution in [0.1, 0.15) is 6.92 Å². The molecule has 0 aromatic heterocycles. The van der Waals surface area contributed by atoms with Crippen molar-refractivity contribution >= 4 is 5.97 Å². The fourth-order valence-electron chi connectivity index (χ4n) is 1.08. The van der Waals surface area contributed by atoms with Crippen molar-refractivity contribution in [2.24, 2.45) is 5.92 Å². The number of rotatable bonds is 2. The van der Waals surface area contributed by atoms with Crippen LogP contribution in [0, 0.1) is 5.92 Å². The summed E-state index contributed by atoms with van der Waals surface area (Å²) in [5, 5.41) is 9.17. The zero-order valence-electron chi connectivity index (χ0n) is 6.90. The molecule has 12 heavy (non-hydrogen) atoms. The molecule has 0 saturated carbocycles. The lowest BCUT2D eigenvalue weighted by molar-refractivity contribution is -0.162. The highest BCUT2D eigenvalue weighted by Gasteiger charge is 2.35. The summed E-state index contributed by atoms with van der Waals surface area (Å²) >= 11 is 0. The van der Waals surface area contributed by atoms with E-state index in [1.165, 1.54) is 0 Å². The highest BCUT2D eigenvalue weighted by atomic mass is 16.7. The van der Waals surface area contributed by atoms with Gasteiger partial charge in [0.15, 0.2) is 12.4 Å². The summed E-state index contributed by atoms with van der Waals surface area (Å²) in [7, 11) is 0. The van der Waals surface area contributed by atoms with Gasteiger partial charge in [0.2, 0.25) is 0 Å². The number of aliphatic hydroxyl groups excluding tert-OH is 1. The Morgan fingerprint density at radius 1 is 1.83 bits per heavy atom. The lowest BCUT2D eigenvalue weighted by Crippen LogP contribution is -2.30. The summed E-state index contributed by atoms with van der Waals surface area (Å²) < 4.78 is 9.72. The number of carbonyl (C=O) groups excluding carboxylic acids is 1. The molecule has 1 rings (SSSR count). The van der Waals surface area contributed by atoms with Crippen molar-refractivity contribution in [1.82, 2.24) is 0 Å². The predicted octanol–water partition coefficient (Wildman–Crippen LogP) is 0.0689. The van der Waals surface area contributed by atoms with E-state index < -0.39 is 18.4 Å². The largest absolute Gasteiger partial charge is 0.453 e. The van der Waals surface area contributed by atoms with Gasteiger partial charge in [0.05, 0.1) is 6.61 Å². The summed E-state index contributed by atoms with van der Waals surface area (Å²) in [5.41, 5.74) is 0. The van der Waals surface area contributed by atoms with E-state index in [9.17, 15) is 9.90 Å². The van der Waals surface area contributed by atoms with E-state index in [-0.39, 0.29) is 5.92 Å². The Hall–Kier alpha value is -0.870. The smallest absolute Gasteiger partial charge is 0.330 e. The number of aliphatic hydroxyl groups is 1. The fraction of sp³-hybridized carbons (Fsp3) is 0.625. The van der Waals surface area contributed by atoms with Crippen LogP contribution >= 0.6 is 0 Å². The summed E-state index contributed by atoms with van der Waals surface area (Å²) in [6.45, 7) is 5.51. The quantitative estimate of drug-likeness (QED) is 0.473. The number of ether oxygens (including phenoxy) is 2. The molecule has 1 aliphatic rings. The molecule has 0 aromatic carbocycles. The third kappa shape index (κ3) is 1.84. The van der Waals surface area contributed by atoms with Crippen LogP contribution in [0.5, 0.6) is 0 Å². The number of esters is 1. The van der Waals surface area contributed by atoms with Gasteiger partial charge >= 0.3 is 5.97 Å². The molecule has 4 nitrogen and oxygen atoms in total. The van der Waals surface area contributed by atoms with Gasteiger partial charge in [-0.2, -0.15) is 0 Å². The second-order valence-corrected chi connectivity index (χ2v) is 2.81. The van der Waals surface area contributed by atoms with Crippen LogP contribution in [-0.2, 0) is 14.3 Å². The Kier molecular flexibility index (Phi) is 2.83. The summed E-state index contributed by atoms with van der Waals surface area (Å²) in [4.78, 5) is 10.8. The molecule has 0 aromatic rings. The van der Waals surface area contributed by atoms with Crippen LogP contribution in [0.15, 0.2) is 12.7 Å². The molecule has 4 heteroatoms. The molecule has 3 unspecified atom stereocenters. The fourth-order valence-corrected chi connectivity index (χ4v) is 1.08. The van der Waals surface area contributed by atoms with E-state index in [1.54, 1.807) is 0 Å². The van der Waals surface area contributed by atoms with Crippen molar-refractivity contribution < 1.29 is 19.4 Å². The van der Waals surface area contributed by atoms with Gasteiger partial charge < -0.3 is 14.6 Å². The van der Waals surface area contributed by atoms with Crippen LogP contribution in [0.3, 0.4) is 0 Å². The van der Waals surface area contributed by atoms with Crippen LogP contribution in [0.4, 0.5) is 0 Å². The Bertz CT molecular complexity index is 179. The van der Waals surface area contributed by atoms with Crippen LogP contribution in [0.25, 0.3) is 0 Å². The van der Waals surface area contributed by atoms with E-state index >= 15 is 0 Å². The Labute approximate surface area is 70.8 Å². The first-order chi connectivity index (χ1) is 5.65. The zero-order valence-corrected chi connectivity index (χ0v) is 6.90. The average molecular weight is 172 g/mol. The van der Waals surface area contributed by atoms with E-state index in [1.807, 2.05) is 6.92 Å². The van der Waals surface area contributed by atoms with Crippen LogP contribution in [-0.4, -0.2) is 30.1 Å². The minimum Gasteiger partial charge on any atom is -0.453 e. The molecule has 1 saturated heterocycles. The third-order valence-corrected chi connectivity index (χ3v) is 1.79. The summed E-state index contributed by atoms with van der Waals surface area (Å²) in [6, 6.07) is 0.